The van der Waals surface area contributed by atoms with Gasteiger partial charge in [-0.3, -0.25) is 9.59 Å². The Kier molecular flexibility index (Phi) is 8.07. The molecule has 2 amide bonds. The number of aryl methyl sites for hydroxylation is 2. The lowest BCUT2D eigenvalue weighted by Gasteiger charge is -2.15. The molecular weight excluding hydrogens is 566 g/mol. The molecule has 0 unspecified atom stereocenters. The molecule has 0 aliphatic heterocycles. The van der Waals surface area contributed by atoms with Crippen LogP contribution in [0.15, 0.2) is 104 Å². The van der Waals surface area contributed by atoms with Crippen LogP contribution < -0.4 is 10.6 Å². The highest BCUT2D eigenvalue weighted by molar-refractivity contribution is 6.07. The van der Waals surface area contributed by atoms with Gasteiger partial charge in [-0.1, -0.05) is 42.5 Å². The van der Waals surface area contributed by atoms with E-state index in [-0.39, 0.29) is 23.0 Å². The number of imidazole rings is 1. The Hall–Kier alpha value is -6.21. The second kappa shape index (κ2) is 12.6. The fourth-order valence-corrected chi connectivity index (χ4v) is 5.30. The molecule has 0 aliphatic rings. The van der Waals surface area contributed by atoms with Gasteiger partial charge in [-0.2, -0.15) is 5.26 Å². The highest BCUT2D eigenvalue weighted by Gasteiger charge is 2.21. The molecule has 0 aliphatic carbocycles. The monoisotopic (exact) mass is 595 g/mol. The summed E-state index contributed by atoms with van der Waals surface area (Å²) in [6.45, 7) is 1.20. The second-order valence-electron chi connectivity index (χ2n) is 10.5. The van der Waals surface area contributed by atoms with Gasteiger partial charge in [0.05, 0.1) is 12.0 Å². The van der Waals surface area contributed by atoms with Crippen molar-refractivity contribution in [2.24, 2.45) is 7.05 Å². The number of fused-ring (bicyclic) bond motifs is 1. The average molecular weight is 596 g/mol. The summed E-state index contributed by atoms with van der Waals surface area (Å²) < 4.78 is 3.72. The molecule has 3 aromatic heterocycles. The first kappa shape index (κ1) is 28.9. The summed E-state index contributed by atoms with van der Waals surface area (Å²) in [7, 11) is 1.80. The molecule has 3 N–H and O–H groups in total. The Morgan fingerprint density at radius 3 is 2.56 bits per heavy atom. The third-order valence-electron chi connectivity index (χ3n) is 7.60. The lowest BCUT2D eigenvalue weighted by Crippen LogP contribution is -2.25. The first-order valence-electron chi connectivity index (χ1n) is 14.4. The van der Waals surface area contributed by atoms with Crippen molar-refractivity contribution in [3.8, 4) is 34.2 Å². The quantitative estimate of drug-likeness (QED) is 0.182. The van der Waals surface area contributed by atoms with E-state index in [0.29, 0.717) is 40.2 Å². The van der Waals surface area contributed by atoms with Crippen LogP contribution in [-0.2, 0) is 13.6 Å². The molecule has 0 radical (unpaired) electrons. The van der Waals surface area contributed by atoms with Gasteiger partial charge < -0.3 is 24.9 Å². The molecule has 0 atom stereocenters. The summed E-state index contributed by atoms with van der Waals surface area (Å²) in [6, 6.07) is 27.0. The highest BCUT2D eigenvalue weighted by Crippen LogP contribution is 2.36. The van der Waals surface area contributed by atoms with Crippen LogP contribution in [-0.4, -0.2) is 42.6 Å². The van der Waals surface area contributed by atoms with Crippen molar-refractivity contribution < 1.29 is 14.7 Å². The molecule has 3 aromatic carbocycles. The van der Waals surface area contributed by atoms with E-state index in [1.807, 2.05) is 35.0 Å². The van der Waals surface area contributed by atoms with Crippen molar-refractivity contribution in [1.29, 1.82) is 5.26 Å². The Labute approximate surface area is 259 Å². The Balaban J connectivity index is 1.35. The first-order chi connectivity index (χ1) is 21.9. The van der Waals surface area contributed by atoms with Crippen molar-refractivity contribution in [2.45, 2.75) is 13.0 Å². The molecule has 0 bridgehead atoms. The maximum Gasteiger partial charge on any atom is 0.273 e. The average Bonchev–Trinajstić information content (AvgIpc) is 3.71. The SMILES string of the molecule is Cn1c(C(=O)Nc2nc(-c3ccccc3O)cc(-c3cccc(C(=O)NCCCn4ccnc4)c3)c2C#N)cc2ccccc21. The number of amides is 2. The van der Waals surface area contributed by atoms with E-state index in [0.717, 1.165) is 23.9 Å². The van der Waals surface area contributed by atoms with Gasteiger partial charge >= 0.3 is 0 Å². The molecule has 6 rings (SSSR count). The fraction of sp³-hybridized carbons (Fsp3) is 0.114. The molecule has 10 heteroatoms. The summed E-state index contributed by atoms with van der Waals surface area (Å²) in [5.74, 6) is -0.657. The Morgan fingerprint density at radius 1 is 0.956 bits per heavy atom. The number of carbonyl (C=O) groups is 2. The van der Waals surface area contributed by atoms with E-state index < -0.39 is 5.91 Å². The molecule has 0 saturated heterocycles. The van der Waals surface area contributed by atoms with E-state index in [1.165, 1.54) is 0 Å². The van der Waals surface area contributed by atoms with Crippen molar-refractivity contribution in [2.75, 3.05) is 11.9 Å². The van der Waals surface area contributed by atoms with E-state index in [9.17, 15) is 20.0 Å². The molecule has 3 heterocycles. The van der Waals surface area contributed by atoms with Gasteiger partial charge in [0.1, 0.15) is 23.1 Å². The number of carbonyl (C=O) groups excluding carboxylic acids is 2. The predicted molar refractivity (Wildman–Crippen MR) is 172 cm³/mol. The number of phenolic OH excluding ortho intramolecular Hbond substituents is 1. The van der Waals surface area contributed by atoms with E-state index in [2.05, 4.69) is 26.7 Å². The summed E-state index contributed by atoms with van der Waals surface area (Å²) in [5.41, 5.74) is 3.63. The van der Waals surface area contributed by atoms with Crippen LogP contribution in [0.3, 0.4) is 0 Å². The molecule has 0 fully saturated rings. The molecular formula is C35H29N7O3. The number of para-hydroxylation sites is 2. The summed E-state index contributed by atoms with van der Waals surface area (Å²) in [4.78, 5) is 35.3. The number of nitrogens with zero attached hydrogens (tertiary/aromatic N) is 5. The number of nitriles is 1. The smallest absolute Gasteiger partial charge is 0.273 e. The van der Waals surface area contributed by atoms with Crippen molar-refractivity contribution in [3.63, 3.8) is 0 Å². The number of pyridine rings is 1. The van der Waals surface area contributed by atoms with Crippen LogP contribution in [0.5, 0.6) is 5.75 Å². The van der Waals surface area contributed by atoms with Gasteiger partial charge in [0.2, 0.25) is 0 Å². The maximum atomic E-state index is 13.6. The minimum absolute atomic E-state index is 0.00422. The minimum atomic E-state index is -0.443. The lowest BCUT2D eigenvalue weighted by molar-refractivity contribution is 0.0951. The largest absolute Gasteiger partial charge is 0.507 e. The molecule has 45 heavy (non-hydrogen) atoms. The standard InChI is InChI=1S/C35H29N7O3/c1-41-30-12-4-2-8-24(30)19-31(41)35(45)40-33-28(21-36)27(20-29(39-33)26-11-3-5-13-32(26)43)23-9-6-10-25(18-23)34(44)38-14-7-16-42-17-15-37-22-42/h2-6,8-13,15,17-20,22,43H,7,14,16H2,1H3,(H,38,44)(H,39,40,45). The molecule has 0 saturated carbocycles. The zero-order valence-corrected chi connectivity index (χ0v) is 24.4. The second-order valence-corrected chi connectivity index (χ2v) is 10.5. The number of rotatable bonds is 9. The van der Waals surface area contributed by atoms with Crippen LogP contribution >= 0.6 is 0 Å². The number of nitrogens with one attached hydrogen (secondary N) is 2. The highest BCUT2D eigenvalue weighted by atomic mass is 16.3. The van der Waals surface area contributed by atoms with Gasteiger partial charge in [-0.25, -0.2) is 9.97 Å². The number of phenols is 1. The maximum absolute atomic E-state index is 13.6. The normalized spacial score (nSPS) is 10.8. The molecule has 0 spiro atoms. The third-order valence-corrected chi connectivity index (χ3v) is 7.60. The number of aromatic nitrogens is 4. The van der Waals surface area contributed by atoms with E-state index >= 15 is 0 Å². The molecule has 222 valence electrons. The molecule has 6 aromatic rings. The van der Waals surface area contributed by atoms with Gasteiger partial charge in [0.25, 0.3) is 11.8 Å². The number of hydrogen-bond donors (Lipinski definition) is 3. The summed E-state index contributed by atoms with van der Waals surface area (Å²) in [5, 5.41) is 27.7. The van der Waals surface area contributed by atoms with Crippen LogP contribution in [0.2, 0.25) is 0 Å². The van der Waals surface area contributed by atoms with Crippen molar-refractivity contribution in [3.05, 3.63) is 120 Å². The fourth-order valence-electron chi connectivity index (χ4n) is 5.30. The van der Waals surface area contributed by atoms with Gasteiger partial charge in [-0.15, -0.1) is 0 Å². The van der Waals surface area contributed by atoms with Crippen molar-refractivity contribution >= 4 is 28.5 Å². The number of anilines is 1. The Bertz CT molecular complexity index is 2070. The Morgan fingerprint density at radius 2 is 1.78 bits per heavy atom. The molecule has 10 nitrogen and oxygen atoms in total. The van der Waals surface area contributed by atoms with Gasteiger partial charge in [0.15, 0.2) is 5.82 Å². The van der Waals surface area contributed by atoms with Crippen LogP contribution in [0.1, 0.15) is 32.8 Å². The number of benzene rings is 3. The number of hydrogen-bond acceptors (Lipinski definition) is 6. The zero-order valence-electron chi connectivity index (χ0n) is 24.4. The predicted octanol–water partition coefficient (Wildman–Crippen LogP) is 5.75. The topological polar surface area (TPSA) is 138 Å². The third kappa shape index (κ3) is 6.00. The van der Waals surface area contributed by atoms with E-state index in [4.69, 9.17) is 0 Å². The zero-order chi connectivity index (χ0) is 31.3. The van der Waals surface area contributed by atoms with Crippen LogP contribution in [0.25, 0.3) is 33.3 Å². The number of aromatic hydroxyl groups is 1. The van der Waals surface area contributed by atoms with Gasteiger partial charge in [-0.05, 0) is 54.4 Å². The van der Waals surface area contributed by atoms with Crippen LogP contribution in [0, 0.1) is 11.3 Å². The lowest BCUT2D eigenvalue weighted by atomic mass is 9.96. The first-order valence-corrected chi connectivity index (χ1v) is 14.4. The van der Waals surface area contributed by atoms with Crippen LogP contribution in [0.4, 0.5) is 5.82 Å². The van der Waals surface area contributed by atoms with E-state index in [1.54, 1.807) is 84.8 Å². The summed E-state index contributed by atoms with van der Waals surface area (Å²) in [6.07, 6.45) is 6.04. The van der Waals surface area contributed by atoms with Gasteiger partial charge in [0, 0.05) is 60.1 Å². The summed E-state index contributed by atoms with van der Waals surface area (Å²) >= 11 is 0. The minimum Gasteiger partial charge on any atom is -0.507 e. The van der Waals surface area contributed by atoms with Crippen molar-refractivity contribution in [1.82, 2.24) is 24.4 Å².